The lowest BCUT2D eigenvalue weighted by molar-refractivity contribution is -0.166. The van der Waals surface area contributed by atoms with Crippen LogP contribution in [0.25, 0.3) is 10.8 Å². The van der Waals surface area contributed by atoms with Crippen LogP contribution in [-0.2, 0) is 14.3 Å². The van der Waals surface area contributed by atoms with Crippen LogP contribution in [0.3, 0.4) is 0 Å². The van der Waals surface area contributed by atoms with E-state index in [4.69, 9.17) is 9.47 Å². The van der Waals surface area contributed by atoms with E-state index in [9.17, 15) is 4.79 Å². The fourth-order valence-electron chi connectivity index (χ4n) is 2.69. The number of cyclic esters (lactones) is 1. The zero-order chi connectivity index (χ0) is 16.4. The lowest BCUT2D eigenvalue weighted by Crippen LogP contribution is -2.18. The highest BCUT2D eigenvalue weighted by molar-refractivity contribution is 5.86. The summed E-state index contributed by atoms with van der Waals surface area (Å²) in [7, 11) is 0. The highest BCUT2D eigenvalue weighted by Crippen LogP contribution is 2.28. The first-order chi connectivity index (χ1) is 11.0. The van der Waals surface area contributed by atoms with Gasteiger partial charge in [0.25, 0.3) is 0 Å². The van der Waals surface area contributed by atoms with Crippen molar-refractivity contribution in [3.05, 3.63) is 71.3 Å². The molecule has 3 heteroatoms. The maximum atomic E-state index is 11.5. The van der Waals surface area contributed by atoms with Crippen molar-refractivity contribution in [1.82, 2.24) is 0 Å². The van der Waals surface area contributed by atoms with Gasteiger partial charge in [-0.1, -0.05) is 48.0 Å². The Bertz CT molecular complexity index is 797. The molecule has 0 saturated carbocycles. The van der Waals surface area contributed by atoms with E-state index in [0.717, 1.165) is 16.7 Å². The van der Waals surface area contributed by atoms with E-state index in [-0.39, 0.29) is 12.1 Å². The van der Waals surface area contributed by atoms with Crippen molar-refractivity contribution in [2.75, 3.05) is 0 Å². The van der Waals surface area contributed by atoms with Crippen LogP contribution < -0.4 is 0 Å². The minimum absolute atomic E-state index is 0.176. The Balaban J connectivity index is 1.80. The summed E-state index contributed by atoms with van der Waals surface area (Å²) in [6, 6.07) is 14.4. The molecule has 2 aromatic carbocycles. The molecule has 0 aliphatic carbocycles. The molecule has 0 amide bonds. The van der Waals surface area contributed by atoms with Crippen LogP contribution in [0, 0.1) is 0 Å². The first-order valence-corrected chi connectivity index (χ1v) is 7.74. The van der Waals surface area contributed by atoms with Gasteiger partial charge >= 0.3 is 5.97 Å². The van der Waals surface area contributed by atoms with Crippen LogP contribution in [0.4, 0.5) is 0 Å². The van der Waals surface area contributed by atoms with Crippen molar-refractivity contribution in [3.63, 3.8) is 0 Å². The van der Waals surface area contributed by atoms with Gasteiger partial charge in [-0.3, -0.25) is 0 Å². The van der Waals surface area contributed by atoms with Crippen LogP contribution in [0.5, 0.6) is 0 Å². The van der Waals surface area contributed by atoms with Gasteiger partial charge in [0.15, 0.2) is 0 Å². The SMILES string of the molecule is CC(C)=CC1=CC(=O)OC1OC(C)c1ccc2ccccc2c1. The molecule has 0 fully saturated rings. The summed E-state index contributed by atoms with van der Waals surface area (Å²) in [5.74, 6) is -0.354. The predicted octanol–water partition coefficient (Wildman–Crippen LogP) is 4.69. The lowest BCUT2D eigenvalue weighted by Gasteiger charge is -2.20. The number of hydrogen-bond donors (Lipinski definition) is 0. The molecule has 2 aromatic rings. The van der Waals surface area contributed by atoms with Crippen LogP contribution in [-0.4, -0.2) is 12.3 Å². The summed E-state index contributed by atoms with van der Waals surface area (Å²) < 4.78 is 11.2. The average Bonchev–Trinajstić information content (AvgIpc) is 2.85. The van der Waals surface area contributed by atoms with E-state index in [1.807, 2.05) is 45.0 Å². The Hall–Kier alpha value is -2.39. The molecule has 1 aliphatic rings. The molecule has 23 heavy (non-hydrogen) atoms. The molecule has 0 spiro atoms. The van der Waals surface area contributed by atoms with Gasteiger partial charge in [-0.15, -0.1) is 0 Å². The second-order valence-corrected chi connectivity index (χ2v) is 6.02. The number of carbonyl (C=O) groups is 1. The standard InChI is InChI=1S/C20H20O3/c1-13(2)10-18-12-19(21)23-20(18)22-14(3)16-9-8-15-6-4-5-7-17(15)11-16/h4-12,14,20H,1-3H3. The van der Waals surface area contributed by atoms with Crippen LogP contribution in [0.2, 0.25) is 0 Å². The molecule has 2 unspecified atom stereocenters. The maximum absolute atomic E-state index is 11.5. The fourth-order valence-corrected chi connectivity index (χ4v) is 2.69. The molecule has 0 radical (unpaired) electrons. The van der Waals surface area contributed by atoms with Gasteiger partial charge in [-0.2, -0.15) is 0 Å². The maximum Gasteiger partial charge on any atom is 0.333 e. The number of ether oxygens (including phenoxy) is 2. The second-order valence-electron chi connectivity index (χ2n) is 6.02. The molecular formula is C20H20O3. The minimum atomic E-state index is -0.640. The molecule has 3 rings (SSSR count). The van der Waals surface area contributed by atoms with E-state index in [2.05, 4.69) is 24.3 Å². The van der Waals surface area contributed by atoms with Gasteiger partial charge in [0.1, 0.15) is 0 Å². The number of allylic oxidation sites excluding steroid dienone is 1. The summed E-state index contributed by atoms with van der Waals surface area (Å²) in [4.78, 5) is 11.5. The third-order valence-corrected chi connectivity index (χ3v) is 3.81. The van der Waals surface area contributed by atoms with Gasteiger partial charge in [0.05, 0.1) is 6.10 Å². The van der Waals surface area contributed by atoms with Gasteiger partial charge in [0.2, 0.25) is 6.29 Å². The molecule has 0 saturated heterocycles. The summed E-state index contributed by atoms with van der Waals surface area (Å²) in [6.07, 6.45) is 2.59. The number of hydrogen-bond acceptors (Lipinski definition) is 3. The molecule has 0 N–H and O–H groups in total. The fraction of sp³-hybridized carbons (Fsp3) is 0.250. The number of rotatable bonds is 4. The van der Waals surface area contributed by atoms with E-state index in [0.29, 0.717) is 0 Å². The Morgan fingerprint density at radius 1 is 1.17 bits per heavy atom. The summed E-state index contributed by atoms with van der Waals surface area (Å²) >= 11 is 0. The van der Waals surface area contributed by atoms with E-state index in [1.54, 1.807) is 0 Å². The minimum Gasteiger partial charge on any atom is -0.428 e. The predicted molar refractivity (Wildman–Crippen MR) is 90.8 cm³/mol. The molecule has 1 aliphatic heterocycles. The Morgan fingerprint density at radius 3 is 2.65 bits per heavy atom. The summed E-state index contributed by atoms with van der Waals surface area (Å²) in [5, 5.41) is 2.37. The first kappa shape index (κ1) is 15.5. The molecule has 118 valence electrons. The van der Waals surface area contributed by atoms with Crippen molar-refractivity contribution >= 4 is 16.7 Å². The van der Waals surface area contributed by atoms with Gasteiger partial charge in [-0.05, 0) is 43.2 Å². The quantitative estimate of drug-likeness (QED) is 0.768. The summed E-state index contributed by atoms with van der Waals surface area (Å²) in [5.41, 5.74) is 2.92. The van der Waals surface area contributed by atoms with Crippen molar-refractivity contribution in [2.24, 2.45) is 0 Å². The van der Waals surface area contributed by atoms with E-state index >= 15 is 0 Å². The Kier molecular flexibility index (Phi) is 4.30. The van der Waals surface area contributed by atoms with Gasteiger partial charge in [-0.25, -0.2) is 4.79 Å². The third kappa shape index (κ3) is 3.51. The smallest absolute Gasteiger partial charge is 0.333 e. The van der Waals surface area contributed by atoms with Crippen molar-refractivity contribution in [2.45, 2.75) is 33.2 Å². The highest BCUT2D eigenvalue weighted by atomic mass is 16.7. The van der Waals surface area contributed by atoms with Crippen molar-refractivity contribution in [3.8, 4) is 0 Å². The molecular weight excluding hydrogens is 288 g/mol. The molecule has 1 heterocycles. The van der Waals surface area contributed by atoms with E-state index < -0.39 is 6.29 Å². The van der Waals surface area contributed by atoms with Crippen molar-refractivity contribution in [1.29, 1.82) is 0 Å². The largest absolute Gasteiger partial charge is 0.428 e. The average molecular weight is 308 g/mol. The highest BCUT2D eigenvalue weighted by Gasteiger charge is 2.27. The Labute approximate surface area is 136 Å². The van der Waals surface area contributed by atoms with Gasteiger partial charge < -0.3 is 9.47 Å². The van der Waals surface area contributed by atoms with Crippen LogP contribution in [0.1, 0.15) is 32.4 Å². The van der Waals surface area contributed by atoms with Crippen LogP contribution >= 0.6 is 0 Å². The molecule has 3 nitrogen and oxygen atoms in total. The third-order valence-electron chi connectivity index (χ3n) is 3.81. The number of carbonyl (C=O) groups excluding carboxylic acids is 1. The molecule has 0 bridgehead atoms. The number of fused-ring (bicyclic) bond motifs is 1. The second kappa shape index (κ2) is 6.39. The first-order valence-electron chi connectivity index (χ1n) is 7.74. The molecule has 0 aromatic heterocycles. The molecule has 2 atom stereocenters. The Morgan fingerprint density at radius 2 is 1.91 bits per heavy atom. The van der Waals surface area contributed by atoms with E-state index in [1.165, 1.54) is 16.8 Å². The summed E-state index contributed by atoms with van der Waals surface area (Å²) in [6.45, 7) is 5.93. The zero-order valence-corrected chi connectivity index (χ0v) is 13.6. The topological polar surface area (TPSA) is 35.5 Å². The zero-order valence-electron chi connectivity index (χ0n) is 13.6. The van der Waals surface area contributed by atoms with Crippen LogP contribution in [0.15, 0.2) is 65.8 Å². The van der Waals surface area contributed by atoms with Gasteiger partial charge in [0, 0.05) is 11.6 Å². The van der Waals surface area contributed by atoms with Crippen molar-refractivity contribution < 1.29 is 14.3 Å². The number of benzene rings is 2. The lowest BCUT2D eigenvalue weighted by atomic mass is 10.0. The number of esters is 1. The monoisotopic (exact) mass is 308 g/mol. The normalized spacial score (nSPS) is 18.5.